The van der Waals surface area contributed by atoms with Crippen LogP contribution >= 0.6 is 0 Å². The lowest BCUT2D eigenvalue weighted by molar-refractivity contribution is -0.137. The molecule has 0 radical (unpaired) electrons. The molecule has 0 bridgehead atoms. The molecule has 1 aromatic heterocycles. The standard InChI is InChI=1S/C20H22F3N3O2/c1-14-11-25(13-15-5-3-2-4-6-15)7-8-26(12-14)19(28)17-9-16(20(21,22)23)10-24-18(17)27/h2-6,9-10,14H,7-8,11-13H2,1H3,(H,24,27). The number of aromatic nitrogens is 1. The summed E-state index contributed by atoms with van der Waals surface area (Å²) >= 11 is 0. The van der Waals surface area contributed by atoms with Gasteiger partial charge in [-0.3, -0.25) is 14.5 Å². The van der Waals surface area contributed by atoms with E-state index >= 15 is 0 Å². The summed E-state index contributed by atoms with van der Waals surface area (Å²) in [5, 5.41) is 0. The van der Waals surface area contributed by atoms with E-state index in [9.17, 15) is 22.8 Å². The van der Waals surface area contributed by atoms with Gasteiger partial charge in [0.25, 0.3) is 11.5 Å². The highest BCUT2D eigenvalue weighted by Crippen LogP contribution is 2.28. The molecule has 1 fully saturated rings. The van der Waals surface area contributed by atoms with E-state index in [1.807, 2.05) is 42.2 Å². The predicted octanol–water partition coefficient (Wildman–Crippen LogP) is 2.99. The summed E-state index contributed by atoms with van der Waals surface area (Å²) in [5.74, 6) is -0.541. The summed E-state index contributed by atoms with van der Waals surface area (Å²) < 4.78 is 38.8. The number of aromatic amines is 1. The lowest BCUT2D eigenvalue weighted by Crippen LogP contribution is -2.38. The smallest absolute Gasteiger partial charge is 0.337 e. The van der Waals surface area contributed by atoms with E-state index in [0.29, 0.717) is 31.9 Å². The Morgan fingerprint density at radius 2 is 1.89 bits per heavy atom. The van der Waals surface area contributed by atoms with Crippen LogP contribution in [0.3, 0.4) is 0 Å². The molecule has 1 atom stereocenters. The molecule has 5 nitrogen and oxygen atoms in total. The van der Waals surface area contributed by atoms with Crippen LogP contribution in [0.5, 0.6) is 0 Å². The van der Waals surface area contributed by atoms with Crippen molar-refractivity contribution in [3.05, 3.63) is 69.6 Å². The summed E-state index contributed by atoms with van der Waals surface area (Å²) in [6, 6.07) is 10.6. The molecule has 0 aliphatic carbocycles. The number of hydrogen-bond acceptors (Lipinski definition) is 3. The molecule has 0 saturated carbocycles. The number of carbonyl (C=O) groups excluding carboxylic acids is 1. The summed E-state index contributed by atoms with van der Waals surface area (Å²) in [4.78, 5) is 30.5. The SMILES string of the molecule is CC1CN(Cc2ccccc2)CCN(C(=O)c2cc(C(F)(F)F)c[nH]c2=O)C1. The molecule has 1 aliphatic rings. The van der Waals surface area contributed by atoms with Crippen molar-refractivity contribution < 1.29 is 18.0 Å². The number of nitrogens with zero attached hydrogens (tertiary/aromatic N) is 2. The van der Waals surface area contributed by atoms with E-state index in [0.717, 1.165) is 18.7 Å². The van der Waals surface area contributed by atoms with Gasteiger partial charge in [-0.25, -0.2) is 0 Å². The first-order chi connectivity index (χ1) is 13.2. The second-order valence-electron chi connectivity index (χ2n) is 7.21. The quantitative estimate of drug-likeness (QED) is 0.872. The zero-order valence-corrected chi connectivity index (χ0v) is 15.5. The minimum Gasteiger partial charge on any atom is -0.337 e. The van der Waals surface area contributed by atoms with Gasteiger partial charge < -0.3 is 9.88 Å². The maximum atomic E-state index is 12.9. The number of nitrogens with one attached hydrogen (secondary N) is 1. The maximum absolute atomic E-state index is 12.9. The molecule has 1 aliphatic heterocycles. The first-order valence-electron chi connectivity index (χ1n) is 9.09. The molecule has 150 valence electrons. The highest BCUT2D eigenvalue weighted by molar-refractivity contribution is 5.94. The molecular formula is C20H22F3N3O2. The van der Waals surface area contributed by atoms with Crippen LogP contribution in [0.4, 0.5) is 13.2 Å². The summed E-state index contributed by atoms with van der Waals surface area (Å²) in [7, 11) is 0. The number of halogens is 3. The first-order valence-corrected chi connectivity index (χ1v) is 9.09. The zero-order valence-electron chi connectivity index (χ0n) is 15.5. The molecule has 2 aromatic rings. The first kappa shape index (κ1) is 20.1. The van der Waals surface area contributed by atoms with Crippen molar-refractivity contribution in [2.45, 2.75) is 19.6 Å². The van der Waals surface area contributed by atoms with Gasteiger partial charge in [-0.1, -0.05) is 37.3 Å². The molecule has 3 rings (SSSR count). The molecule has 1 saturated heterocycles. The van der Waals surface area contributed by atoms with E-state index in [-0.39, 0.29) is 5.92 Å². The van der Waals surface area contributed by atoms with Gasteiger partial charge in [0.1, 0.15) is 5.56 Å². The number of carbonyl (C=O) groups is 1. The summed E-state index contributed by atoms with van der Waals surface area (Å²) in [6.45, 7) is 4.81. The minimum atomic E-state index is -4.63. The molecule has 1 N–H and O–H groups in total. The van der Waals surface area contributed by atoms with Gasteiger partial charge in [0, 0.05) is 38.9 Å². The normalized spacial score (nSPS) is 18.7. The maximum Gasteiger partial charge on any atom is 0.417 e. The largest absolute Gasteiger partial charge is 0.417 e. The van der Waals surface area contributed by atoms with Gasteiger partial charge >= 0.3 is 6.18 Å². The summed E-state index contributed by atoms with van der Waals surface area (Å²) in [5.41, 5.74) is -1.16. The Bertz CT molecular complexity index is 880. The van der Waals surface area contributed by atoms with Crippen molar-refractivity contribution in [2.75, 3.05) is 26.2 Å². The van der Waals surface area contributed by atoms with Gasteiger partial charge in [-0.2, -0.15) is 13.2 Å². The van der Waals surface area contributed by atoms with Crippen molar-refractivity contribution in [3.8, 4) is 0 Å². The average Bonchev–Trinajstić information content (AvgIpc) is 2.82. The lowest BCUT2D eigenvalue weighted by Gasteiger charge is -2.22. The Kier molecular flexibility index (Phi) is 5.88. The number of rotatable bonds is 3. The van der Waals surface area contributed by atoms with Crippen molar-refractivity contribution in [2.24, 2.45) is 5.92 Å². The Balaban J connectivity index is 1.75. The number of H-pyrrole nitrogens is 1. The minimum absolute atomic E-state index is 0.125. The molecular weight excluding hydrogens is 371 g/mol. The molecule has 28 heavy (non-hydrogen) atoms. The lowest BCUT2D eigenvalue weighted by atomic mass is 10.1. The van der Waals surface area contributed by atoms with Crippen LogP contribution in [0.25, 0.3) is 0 Å². The fourth-order valence-corrected chi connectivity index (χ4v) is 3.47. The van der Waals surface area contributed by atoms with Crippen LogP contribution in [0, 0.1) is 5.92 Å². The van der Waals surface area contributed by atoms with Crippen LogP contribution in [-0.2, 0) is 12.7 Å². The number of pyridine rings is 1. The van der Waals surface area contributed by atoms with Gasteiger partial charge in [-0.15, -0.1) is 0 Å². The topological polar surface area (TPSA) is 56.4 Å². The molecule has 8 heteroatoms. The molecule has 1 aromatic carbocycles. The monoisotopic (exact) mass is 393 g/mol. The Labute approximate surface area is 160 Å². The summed E-state index contributed by atoms with van der Waals surface area (Å²) in [6.07, 6.45) is -4.04. The second-order valence-corrected chi connectivity index (χ2v) is 7.21. The predicted molar refractivity (Wildman–Crippen MR) is 98.9 cm³/mol. The number of hydrogen-bond donors (Lipinski definition) is 1. The van der Waals surface area contributed by atoms with Crippen LogP contribution < -0.4 is 5.56 Å². The van der Waals surface area contributed by atoms with E-state index in [2.05, 4.69) is 4.90 Å². The number of benzene rings is 1. The fraction of sp³-hybridized carbons (Fsp3) is 0.400. The third-order valence-corrected chi connectivity index (χ3v) is 4.79. The van der Waals surface area contributed by atoms with Crippen LogP contribution in [0.1, 0.15) is 28.4 Å². The van der Waals surface area contributed by atoms with Crippen LogP contribution in [0.15, 0.2) is 47.4 Å². The molecule has 1 amide bonds. The van der Waals surface area contributed by atoms with Gasteiger partial charge in [0.15, 0.2) is 0 Å². The van der Waals surface area contributed by atoms with Crippen molar-refractivity contribution >= 4 is 5.91 Å². The number of alkyl halides is 3. The van der Waals surface area contributed by atoms with Crippen molar-refractivity contribution in [1.29, 1.82) is 0 Å². The molecule has 2 heterocycles. The Morgan fingerprint density at radius 3 is 2.57 bits per heavy atom. The molecule has 1 unspecified atom stereocenters. The van der Waals surface area contributed by atoms with E-state index < -0.39 is 28.8 Å². The van der Waals surface area contributed by atoms with Crippen molar-refractivity contribution in [3.63, 3.8) is 0 Å². The van der Waals surface area contributed by atoms with Gasteiger partial charge in [-0.05, 0) is 17.5 Å². The second kappa shape index (κ2) is 8.18. The van der Waals surface area contributed by atoms with E-state index in [4.69, 9.17) is 0 Å². The van der Waals surface area contributed by atoms with Crippen LogP contribution in [0.2, 0.25) is 0 Å². The zero-order chi connectivity index (χ0) is 20.3. The highest BCUT2D eigenvalue weighted by atomic mass is 19.4. The fourth-order valence-electron chi connectivity index (χ4n) is 3.47. The Hall–Kier alpha value is -2.61. The third-order valence-electron chi connectivity index (χ3n) is 4.79. The Morgan fingerprint density at radius 1 is 1.18 bits per heavy atom. The highest BCUT2D eigenvalue weighted by Gasteiger charge is 2.33. The average molecular weight is 393 g/mol. The van der Waals surface area contributed by atoms with Crippen LogP contribution in [-0.4, -0.2) is 46.9 Å². The molecule has 0 spiro atoms. The third kappa shape index (κ3) is 4.81. The van der Waals surface area contributed by atoms with E-state index in [1.54, 1.807) is 0 Å². The van der Waals surface area contributed by atoms with Crippen molar-refractivity contribution in [1.82, 2.24) is 14.8 Å². The van der Waals surface area contributed by atoms with Gasteiger partial charge in [0.05, 0.1) is 5.56 Å². The number of amides is 1. The van der Waals surface area contributed by atoms with Gasteiger partial charge in [0.2, 0.25) is 0 Å². The van der Waals surface area contributed by atoms with E-state index in [1.165, 1.54) is 4.90 Å².